The minimum absolute atomic E-state index is 0.494. The highest BCUT2D eigenvalue weighted by Gasteiger charge is 2.46. The van der Waals surface area contributed by atoms with E-state index in [1.165, 1.54) is 0 Å². The van der Waals surface area contributed by atoms with Crippen LogP contribution in [-0.2, 0) is 0 Å². The Morgan fingerprint density at radius 3 is 1.00 bits per heavy atom. The van der Waals surface area contributed by atoms with Gasteiger partial charge in [-0.3, -0.25) is 0 Å². The van der Waals surface area contributed by atoms with Crippen molar-refractivity contribution in [2.45, 2.75) is 13.3 Å². The van der Waals surface area contributed by atoms with Crippen LogP contribution in [0.15, 0.2) is 165 Å². The van der Waals surface area contributed by atoms with E-state index in [1.807, 2.05) is 152 Å². The van der Waals surface area contributed by atoms with Crippen LogP contribution in [0.5, 0.6) is 28.7 Å². The first-order valence-corrected chi connectivity index (χ1v) is 19.1. The predicted octanol–water partition coefficient (Wildman–Crippen LogP) is 11.7. The molecule has 0 aromatic heterocycles. The monoisotopic (exact) mass is 643 g/mol. The number of nitrogens with zero attached hydrogens (tertiary/aromatic N) is 3. The first-order valence-electron chi connectivity index (χ1n) is 14.2. The molecule has 5 aromatic carbocycles. The minimum Gasteiger partial charge on any atom is -0.441 e. The van der Waals surface area contributed by atoms with E-state index in [4.69, 9.17) is 36.2 Å². The summed E-state index contributed by atoms with van der Waals surface area (Å²) in [5.41, 5.74) is 0. The summed E-state index contributed by atoms with van der Waals surface area (Å²) in [4.78, 5) is 0. The third kappa shape index (κ3) is 7.46. The van der Waals surface area contributed by atoms with Gasteiger partial charge in [-0.05, 0) is 67.1 Å². The van der Waals surface area contributed by atoms with Gasteiger partial charge in [-0.25, -0.2) is 0 Å². The molecule has 0 saturated heterocycles. The Morgan fingerprint density at radius 1 is 0.386 bits per heavy atom. The summed E-state index contributed by atoms with van der Waals surface area (Å²) in [5.74, 6) is 2.78. The summed E-state index contributed by atoms with van der Waals surface area (Å²) in [7, 11) is -10.4. The molecule has 1 heterocycles. The predicted molar refractivity (Wildman–Crippen MR) is 179 cm³/mol. The van der Waals surface area contributed by atoms with Gasteiger partial charge in [0.05, 0.1) is 0 Å². The Labute approximate surface area is 258 Å². The molecule has 8 nitrogen and oxygen atoms in total. The van der Waals surface area contributed by atoms with Gasteiger partial charge in [-0.2, -0.15) is 0 Å². The highest BCUT2D eigenvalue weighted by atomic mass is 31.3. The maximum Gasteiger partial charge on any atom is 0.458 e. The van der Waals surface area contributed by atoms with E-state index in [-0.39, 0.29) is 0 Å². The highest BCUT2D eigenvalue weighted by Crippen LogP contribution is 2.78. The second kappa shape index (κ2) is 13.6. The molecule has 1 atom stereocenters. The maximum absolute atomic E-state index is 6.80. The zero-order valence-electron chi connectivity index (χ0n) is 24.1. The van der Waals surface area contributed by atoms with Crippen LogP contribution in [-0.4, -0.2) is 6.16 Å². The Bertz CT molecular complexity index is 1650. The van der Waals surface area contributed by atoms with E-state index in [9.17, 15) is 0 Å². The fourth-order valence-electron chi connectivity index (χ4n) is 4.32. The zero-order chi connectivity index (χ0) is 30.1. The van der Waals surface area contributed by atoms with Gasteiger partial charge in [0.2, 0.25) is 0 Å². The van der Waals surface area contributed by atoms with Crippen molar-refractivity contribution in [1.29, 1.82) is 0 Å². The summed E-state index contributed by atoms with van der Waals surface area (Å²) in [6, 6.07) is 47.1. The molecule has 6 rings (SSSR count). The molecular formula is C33H32N3O5P3. The molecule has 0 amide bonds. The first-order chi connectivity index (χ1) is 21.6. The van der Waals surface area contributed by atoms with Gasteiger partial charge in [0.15, 0.2) is 0 Å². The molecule has 1 unspecified atom stereocenters. The van der Waals surface area contributed by atoms with Gasteiger partial charge < -0.3 is 22.6 Å². The molecule has 224 valence electrons. The van der Waals surface area contributed by atoms with Crippen LogP contribution in [0, 0.1) is 0 Å². The molecule has 0 bridgehead atoms. The van der Waals surface area contributed by atoms with Crippen molar-refractivity contribution in [3.63, 3.8) is 0 Å². The topological polar surface area (TPSA) is 83.2 Å². The van der Waals surface area contributed by atoms with Gasteiger partial charge >= 0.3 is 15.3 Å². The summed E-state index contributed by atoms with van der Waals surface area (Å²) in [6.45, 7) is 2.07. The molecule has 11 heteroatoms. The molecule has 0 saturated carbocycles. The second-order valence-corrected chi connectivity index (χ2v) is 16.5. The van der Waals surface area contributed by atoms with Crippen LogP contribution in [0.2, 0.25) is 0 Å². The van der Waals surface area contributed by atoms with Gasteiger partial charge in [0.25, 0.3) is 7.43 Å². The Morgan fingerprint density at radius 2 is 0.682 bits per heavy atom. The van der Waals surface area contributed by atoms with Crippen molar-refractivity contribution in [1.82, 2.24) is 0 Å². The van der Waals surface area contributed by atoms with E-state index in [1.54, 1.807) is 0 Å². The van der Waals surface area contributed by atoms with Gasteiger partial charge in [0, 0.05) is 6.16 Å². The molecular weight excluding hydrogens is 611 g/mol. The van der Waals surface area contributed by atoms with Crippen molar-refractivity contribution in [3.05, 3.63) is 152 Å². The Hall–Kier alpha value is -4.21. The molecule has 0 radical (unpaired) electrons. The van der Waals surface area contributed by atoms with Crippen molar-refractivity contribution in [2.24, 2.45) is 13.5 Å². The normalized spacial score (nSPS) is 17.9. The van der Waals surface area contributed by atoms with Crippen LogP contribution >= 0.6 is 22.8 Å². The summed E-state index contributed by atoms with van der Waals surface area (Å²) in [5, 5.41) is 0. The highest BCUT2D eigenvalue weighted by molar-refractivity contribution is 7.80. The lowest BCUT2D eigenvalue weighted by molar-refractivity contribution is 0.457. The SMILES string of the molecule is CCCP1(Oc2ccccc2)=NP(Oc2ccccc2)(Oc2ccccc2)=NP(Oc2ccccc2)(Oc2ccccc2)=N1. The van der Waals surface area contributed by atoms with Crippen LogP contribution < -0.4 is 22.6 Å². The standard InChI is InChI=1S/C33H32N3O5P3/c1-2-28-42(37-29-18-8-3-9-19-29)34-43(38-30-20-10-4-11-21-30,39-31-22-12-5-13-23-31)36-44(35-42,40-32-24-14-6-15-25-32)41-33-26-16-7-17-27-33/h3-27H,2,28H2,1H3. The second-order valence-electron chi connectivity index (χ2n) is 9.66. The number of para-hydroxylation sites is 5. The molecule has 1 aliphatic rings. The Balaban J connectivity index is 1.66. The zero-order valence-corrected chi connectivity index (χ0v) is 26.8. The maximum atomic E-state index is 6.80. The molecule has 0 spiro atoms. The van der Waals surface area contributed by atoms with Gasteiger partial charge in [-0.1, -0.05) is 102 Å². The smallest absolute Gasteiger partial charge is 0.441 e. The molecule has 1 aliphatic heterocycles. The minimum atomic E-state index is -3.64. The number of hydrogen-bond acceptors (Lipinski definition) is 8. The fraction of sp³-hybridized carbons (Fsp3) is 0.0909. The lowest BCUT2D eigenvalue weighted by Gasteiger charge is -2.33. The molecule has 0 aliphatic carbocycles. The molecule has 44 heavy (non-hydrogen) atoms. The van der Waals surface area contributed by atoms with E-state index < -0.39 is 22.8 Å². The van der Waals surface area contributed by atoms with Crippen LogP contribution in [0.3, 0.4) is 0 Å². The van der Waals surface area contributed by atoms with E-state index >= 15 is 0 Å². The van der Waals surface area contributed by atoms with E-state index in [0.717, 1.165) is 6.42 Å². The number of rotatable bonds is 12. The van der Waals surface area contributed by atoms with E-state index in [0.29, 0.717) is 34.9 Å². The summed E-state index contributed by atoms with van der Waals surface area (Å²) in [6.07, 6.45) is 1.22. The summed E-state index contributed by atoms with van der Waals surface area (Å²) < 4.78 is 49.5. The average molecular weight is 644 g/mol. The summed E-state index contributed by atoms with van der Waals surface area (Å²) >= 11 is 0. The van der Waals surface area contributed by atoms with Gasteiger partial charge in [0.1, 0.15) is 28.7 Å². The van der Waals surface area contributed by atoms with Crippen molar-refractivity contribution in [2.75, 3.05) is 6.16 Å². The van der Waals surface area contributed by atoms with Crippen LogP contribution in [0.1, 0.15) is 13.3 Å². The van der Waals surface area contributed by atoms with Crippen molar-refractivity contribution >= 4 is 22.8 Å². The number of benzene rings is 5. The lowest BCUT2D eigenvalue weighted by Crippen LogP contribution is -2.10. The quantitative estimate of drug-likeness (QED) is 0.126. The van der Waals surface area contributed by atoms with Crippen molar-refractivity contribution < 1.29 is 22.6 Å². The fourth-order valence-corrected chi connectivity index (χ4v) is 14.7. The largest absolute Gasteiger partial charge is 0.458 e. The van der Waals surface area contributed by atoms with Crippen molar-refractivity contribution in [3.8, 4) is 28.7 Å². The third-order valence-electron chi connectivity index (χ3n) is 6.11. The molecule has 0 N–H and O–H groups in total. The molecule has 0 fully saturated rings. The number of hydrogen-bond donors (Lipinski definition) is 0. The average Bonchev–Trinajstić information content (AvgIpc) is 3.03. The lowest BCUT2D eigenvalue weighted by atomic mass is 10.3. The van der Waals surface area contributed by atoms with Crippen LogP contribution in [0.25, 0.3) is 0 Å². The molecule has 5 aromatic rings. The first kappa shape index (κ1) is 29.8. The third-order valence-corrected chi connectivity index (χ3v) is 15.3. The van der Waals surface area contributed by atoms with E-state index in [2.05, 4.69) is 6.92 Å². The Kier molecular flexibility index (Phi) is 9.23. The van der Waals surface area contributed by atoms with Gasteiger partial charge in [-0.15, -0.1) is 9.03 Å². The van der Waals surface area contributed by atoms with Crippen LogP contribution in [0.4, 0.5) is 0 Å².